The summed E-state index contributed by atoms with van der Waals surface area (Å²) >= 11 is 1.23. The second-order valence-corrected chi connectivity index (χ2v) is 4.99. The Morgan fingerprint density at radius 2 is 2.16 bits per heavy atom. The van der Waals surface area contributed by atoms with Gasteiger partial charge in [0.25, 0.3) is 5.69 Å². The molecule has 0 N–H and O–H groups in total. The molecule has 0 radical (unpaired) electrons. The lowest BCUT2D eigenvalue weighted by atomic mass is 10.1. The zero-order valence-corrected chi connectivity index (χ0v) is 11.2. The number of aldehydes is 1. The fourth-order valence-corrected chi connectivity index (χ4v) is 1.95. The van der Waals surface area contributed by atoms with E-state index in [0.29, 0.717) is 24.0 Å². The molecule has 100 valence electrons. The maximum Gasteiger partial charge on any atom is 0.270 e. The van der Waals surface area contributed by atoms with Crippen molar-refractivity contribution < 1.29 is 14.5 Å². The normalized spacial score (nSPS) is 10.6. The van der Waals surface area contributed by atoms with E-state index in [1.807, 2.05) is 6.08 Å². The Hall–Kier alpha value is -1.95. The van der Waals surface area contributed by atoms with Gasteiger partial charge in [-0.1, -0.05) is 23.9 Å². The van der Waals surface area contributed by atoms with Crippen molar-refractivity contribution in [2.24, 2.45) is 0 Å². The molecule has 0 aliphatic rings. The molecule has 0 saturated heterocycles. The third kappa shape index (κ3) is 5.05. The van der Waals surface area contributed by atoms with Crippen LogP contribution < -0.4 is 0 Å². The van der Waals surface area contributed by atoms with Gasteiger partial charge >= 0.3 is 0 Å². The molecule has 1 aromatic rings. The Balaban J connectivity index is 2.72. The summed E-state index contributed by atoms with van der Waals surface area (Å²) in [6.45, 7) is 1.51. The second kappa shape index (κ2) is 7.48. The van der Waals surface area contributed by atoms with Gasteiger partial charge < -0.3 is 0 Å². The lowest BCUT2D eigenvalue weighted by molar-refractivity contribution is -0.384. The van der Waals surface area contributed by atoms with Crippen LogP contribution in [0.4, 0.5) is 5.69 Å². The van der Waals surface area contributed by atoms with Crippen LogP contribution in [0.5, 0.6) is 0 Å². The van der Waals surface area contributed by atoms with Crippen LogP contribution >= 0.6 is 11.8 Å². The summed E-state index contributed by atoms with van der Waals surface area (Å²) in [4.78, 5) is 31.6. The largest absolute Gasteiger partial charge is 0.298 e. The fraction of sp³-hybridized carbons (Fsp3) is 0.231. The fourth-order valence-electron chi connectivity index (χ4n) is 1.41. The van der Waals surface area contributed by atoms with E-state index in [9.17, 15) is 19.7 Å². The first-order chi connectivity index (χ1) is 9.04. The van der Waals surface area contributed by atoms with Crippen molar-refractivity contribution >= 4 is 34.9 Å². The van der Waals surface area contributed by atoms with Crippen molar-refractivity contribution in [3.8, 4) is 0 Å². The summed E-state index contributed by atoms with van der Waals surface area (Å²) < 4.78 is 0. The molecule has 1 aromatic carbocycles. The quantitative estimate of drug-likeness (QED) is 0.346. The monoisotopic (exact) mass is 279 g/mol. The number of nitro groups is 1. The number of benzene rings is 1. The third-order valence-corrected chi connectivity index (χ3v) is 3.14. The minimum absolute atomic E-state index is 0.0670. The smallest absolute Gasteiger partial charge is 0.270 e. The van der Waals surface area contributed by atoms with Gasteiger partial charge in [0.2, 0.25) is 0 Å². The van der Waals surface area contributed by atoms with Crippen molar-refractivity contribution in [2.75, 3.05) is 5.75 Å². The van der Waals surface area contributed by atoms with Crippen molar-refractivity contribution in [3.05, 3.63) is 45.5 Å². The zero-order valence-electron chi connectivity index (χ0n) is 10.4. The highest BCUT2D eigenvalue weighted by Crippen LogP contribution is 2.18. The van der Waals surface area contributed by atoms with Crippen LogP contribution in [-0.4, -0.2) is 22.1 Å². The van der Waals surface area contributed by atoms with Crippen LogP contribution in [0.1, 0.15) is 29.3 Å². The van der Waals surface area contributed by atoms with E-state index >= 15 is 0 Å². The van der Waals surface area contributed by atoms with Gasteiger partial charge in [-0.15, -0.1) is 0 Å². The number of allylic oxidation sites excluding steroid dienone is 1. The summed E-state index contributed by atoms with van der Waals surface area (Å²) in [5, 5.41) is 10.6. The van der Waals surface area contributed by atoms with Crippen molar-refractivity contribution in [1.82, 2.24) is 0 Å². The minimum Gasteiger partial charge on any atom is -0.298 e. The van der Waals surface area contributed by atoms with Crippen LogP contribution in [0.3, 0.4) is 0 Å². The molecule has 0 spiro atoms. The third-order valence-electron chi connectivity index (χ3n) is 2.30. The Morgan fingerprint density at radius 3 is 2.74 bits per heavy atom. The molecule has 0 heterocycles. The van der Waals surface area contributed by atoms with E-state index in [0.717, 1.165) is 0 Å². The maximum atomic E-state index is 10.9. The molecule has 0 amide bonds. The molecular formula is C13H13NO4S. The van der Waals surface area contributed by atoms with Crippen LogP contribution in [0, 0.1) is 10.1 Å². The van der Waals surface area contributed by atoms with Crippen molar-refractivity contribution in [2.45, 2.75) is 13.3 Å². The topological polar surface area (TPSA) is 77.3 Å². The predicted molar refractivity (Wildman–Crippen MR) is 75.3 cm³/mol. The van der Waals surface area contributed by atoms with E-state index in [2.05, 4.69) is 0 Å². The van der Waals surface area contributed by atoms with Gasteiger partial charge in [0.15, 0.2) is 11.4 Å². The van der Waals surface area contributed by atoms with Crippen molar-refractivity contribution in [1.29, 1.82) is 0 Å². The molecule has 5 nitrogen and oxygen atoms in total. The first-order valence-electron chi connectivity index (χ1n) is 5.58. The summed E-state index contributed by atoms with van der Waals surface area (Å²) in [6, 6.07) is 4.14. The molecule has 19 heavy (non-hydrogen) atoms. The molecule has 0 bridgehead atoms. The summed E-state index contributed by atoms with van der Waals surface area (Å²) in [5.74, 6) is 0.676. The second-order valence-electron chi connectivity index (χ2n) is 3.72. The number of nitro benzene ring substituents is 1. The van der Waals surface area contributed by atoms with Gasteiger partial charge in [-0.2, -0.15) is 0 Å². The minimum atomic E-state index is -0.538. The molecule has 0 saturated carbocycles. The Bertz CT molecular complexity index is 525. The highest BCUT2D eigenvalue weighted by molar-refractivity contribution is 8.13. The van der Waals surface area contributed by atoms with Gasteiger partial charge in [-0.05, 0) is 18.1 Å². The SMILES string of the molecule is CC(=O)SCCC=Cc1ccc([N+](=O)[O-])cc1C=O. The van der Waals surface area contributed by atoms with Gasteiger partial charge in [0.05, 0.1) is 4.92 Å². The molecule has 0 aliphatic heterocycles. The Morgan fingerprint density at radius 1 is 1.42 bits per heavy atom. The molecular weight excluding hydrogens is 266 g/mol. The molecule has 0 atom stereocenters. The number of non-ortho nitro benzene ring substituents is 1. The van der Waals surface area contributed by atoms with E-state index < -0.39 is 4.92 Å². The average molecular weight is 279 g/mol. The van der Waals surface area contributed by atoms with Gasteiger partial charge in [-0.25, -0.2) is 0 Å². The Labute approximate surface area is 114 Å². The van der Waals surface area contributed by atoms with Gasteiger partial charge in [0, 0.05) is 30.4 Å². The molecule has 0 aliphatic carbocycles. The van der Waals surface area contributed by atoms with Gasteiger partial charge in [-0.3, -0.25) is 19.7 Å². The zero-order chi connectivity index (χ0) is 14.3. The van der Waals surface area contributed by atoms with Crippen LogP contribution in [0.25, 0.3) is 6.08 Å². The van der Waals surface area contributed by atoms with Crippen LogP contribution in [0.2, 0.25) is 0 Å². The highest BCUT2D eigenvalue weighted by atomic mass is 32.2. The average Bonchev–Trinajstić information content (AvgIpc) is 2.37. The predicted octanol–water partition coefficient (Wildman–Crippen LogP) is 3.09. The van der Waals surface area contributed by atoms with Crippen molar-refractivity contribution in [3.63, 3.8) is 0 Å². The number of carbonyl (C=O) groups excluding carboxylic acids is 2. The molecule has 6 heteroatoms. The molecule has 0 aromatic heterocycles. The van der Waals surface area contributed by atoms with Gasteiger partial charge in [0.1, 0.15) is 0 Å². The summed E-state index contributed by atoms with van der Waals surface area (Å²) in [5.41, 5.74) is 0.810. The number of carbonyl (C=O) groups is 2. The maximum absolute atomic E-state index is 10.9. The summed E-state index contributed by atoms with van der Waals surface area (Å²) in [6.07, 6.45) is 4.86. The first-order valence-corrected chi connectivity index (χ1v) is 6.56. The standard InChI is InChI=1S/C13H13NO4S/c1-10(16)19-7-3-2-4-11-5-6-13(14(17)18)8-12(11)9-15/h2,4-6,8-9H,3,7H2,1H3. The number of rotatable bonds is 6. The van der Waals surface area contributed by atoms with Crippen LogP contribution in [0.15, 0.2) is 24.3 Å². The van der Waals surface area contributed by atoms with E-state index in [1.165, 1.54) is 36.9 Å². The van der Waals surface area contributed by atoms with E-state index in [4.69, 9.17) is 0 Å². The number of hydrogen-bond acceptors (Lipinski definition) is 5. The van der Waals surface area contributed by atoms with E-state index in [1.54, 1.807) is 6.08 Å². The molecule has 0 fully saturated rings. The molecule has 1 rings (SSSR count). The lowest BCUT2D eigenvalue weighted by Gasteiger charge is -1.99. The van der Waals surface area contributed by atoms with Crippen LogP contribution in [-0.2, 0) is 4.79 Å². The number of nitrogens with zero attached hydrogens (tertiary/aromatic N) is 1. The number of hydrogen-bond donors (Lipinski definition) is 0. The lowest BCUT2D eigenvalue weighted by Crippen LogP contribution is -1.92. The highest BCUT2D eigenvalue weighted by Gasteiger charge is 2.08. The number of thioether (sulfide) groups is 1. The Kier molecular flexibility index (Phi) is 5.95. The first kappa shape index (κ1) is 15.1. The van der Waals surface area contributed by atoms with E-state index in [-0.39, 0.29) is 16.4 Å². The summed E-state index contributed by atoms with van der Waals surface area (Å²) in [7, 11) is 0. The molecule has 0 unspecified atom stereocenters.